The molecule has 6 heteroatoms. The predicted molar refractivity (Wildman–Crippen MR) is 138 cm³/mol. The minimum Gasteiger partial charge on any atom is -0.497 e. The molecule has 0 spiro atoms. The third-order valence-electron chi connectivity index (χ3n) is 6.68. The van der Waals surface area contributed by atoms with Crippen LogP contribution in [-0.4, -0.2) is 44.7 Å². The summed E-state index contributed by atoms with van der Waals surface area (Å²) in [5.41, 5.74) is 5.48. The molecule has 3 aromatic rings. The first kappa shape index (κ1) is 24.6. The highest BCUT2D eigenvalue weighted by atomic mass is 16.5. The van der Waals surface area contributed by atoms with Crippen molar-refractivity contribution in [3.63, 3.8) is 0 Å². The van der Waals surface area contributed by atoms with E-state index in [0.717, 1.165) is 36.6 Å². The Morgan fingerprint density at radius 1 is 1.00 bits per heavy atom. The average Bonchev–Trinajstić information content (AvgIpc) is 2.87. The Kier molecular flexibility index (Phi) is 7.61. The molecule has 0 saturated carbocycles. The van der Waals surface area contributed by atoms with Crippen molar-refractivity contribution in [1.29, 1.82) is 0 Å². The lowest BCUT2D eigenvalue weighted by molar-refractivity contribution is 0.0877. The van der Waals surface area contributed by atoms with Crippen LogP contribution >= 0.6 is 0 Å². The Morgan fingerprint density at radius 2 is 1.71 bits per heavy atom. The number of aryl methyl sites for hydroxylation is 1. The monoisotopic (exact) mass is 474 g/mol. The number of benzene rings is 3. The quantitative estimate of drug-likeness (QED) is 0.501. The predicted octanol–water partition coefficient (Wildman–Crippen LogP) is 4.94. The van der Waals surface area contributed by atoms with E-state index in [1.807, 2.05) is 0 Å². The number of nitrogens with one attached hydrogen (secondary N) is 1. The standard InChI is InChI=1S/C29H34N2O4/c1-19-7-6-8-21(15-19)18-31-14-13-23-16-26(34-4)27(35-5)17-25(23)28(31)20(2)30-29(32)22-9-11-24(33-3)12-10-22/h6-12,15-17,20,28H,13-14,18H2,1-5H3,(H,30,32)/t20-,28-/m1/s1. The van der Waals surface area contributed by atoms with Crippen LogP contribution in [0.25, 0.3) is 0 Å². The van der Waals surface area contributed by atoms with Gasteiger partial charge in [0.15, 0.2) is 11.5 Å². The fourth-order valence-corrected chi connectivity index (χ4v) is 4.95. The molecule has 1 heterocycles. The van der Waals surface area contributed by atoms with E-state index in [9.17, 15) is 4.79 Å². The Labute approximate surface area is 207 Å². The minimum absolute atomic E-state index is 0.0266. The first-order valence-electron chi connectivity index (χ1n) is 11.9. The smallest absolute Gasteiger partial charge is 0.251 e. The highest BCUT2D eigenvalue weighted by Crippen LogP contribution is 2.40. The van der Waals surface area contributed by atoms with Gasteiger partial charge in [-0.15, -0.1) is 0 Å². The van der Waals surface area contributed by atoms with Gasteiger partial charge in [0, 0.05) is 24.7 Å². The van der Waals surface area contributed by atoms with Gasteiger partial charge in [0.2, 0.25) is 0 Å². The van der Waals surface area contributed by atoms with Crippen molar-refractivity contribution in [3.05, 3.63) is 88.5 Å². The van der Waals surface area contributed by atoms with Gasteiger partial charge < -0.3 is 19.5 Å². The van der Waals surface area contributed by atoms with Gasteiger partial charge in [0.05, 0.1) is 27.4 Å². The summed E-state index contributed by atoms with van der Waals surface area (Å²) in [4.78, 5) is 15.6. The molecule has 4 rings (SSSR count). The molecule has 0 aliphatic carbocycles. The lowest BCUT2D eigenvalue weighted by Crippen LogP contribution is -2.47. The summed E-state index contributed by atoms with van der Waals surface area (Å²) in [5, 5.41) is 3.24. The molecular formula is C29H34N2O4. The van der Waals surface area contributed by atoms with Gasteiger partial charge in [0.25, 0.3) is 5.91 Å². The summed E-state index contributed by atoms with van der Waals surface area (Å²) >= 11 is 0. The Balaban J connectivity index is 1.66. The van der Waals surface area contributed by atoms with Crippen molar-refractivity contribution >= 4 is 5.91 Å². The lowest BCUT2D eigenvalue weighted by atomic mass is 9.87. The third kappa shape index (κ3) is 5.43. The zero-order chi connectivity index (χ0) is 24.9. The lowest BCUT2D eigenvalue weighted by Gasteiger charge is -2.41. The SMILES string of the molecule is COc1ccc(C(=O)N[C@H](C)[C@@H]2c3cc(OC)c(OC)cc3CCN2Cc2cccc(C)c2)cc1. The number of carbonyl (C=O) groups excluding carboxylic acids is 1. The summed E-state index contributed by atoms with van der Waals surface area (Å²) < 4.78 is 16.4. The van der Waals surface area contributed by atoms with E-state index >= 15 is 0 Å². The topological polar surface area (TPSA) is 60.0 Å². The van der Waals surface area contributed by atoms with Crippen LogP contribution in [0.3, 0.4) is 0 Å². The number of hydrogen-bond acceptors (Lipinski definition) is 5. The fraction of sp³-hybridized carbons (Fsp3) is 0.345. The second-order valence-electron chi connectivity index (χ2n) is 9.05. The van der Waals surface area contributed by atoms with Crippen LogP contribution in [-0.2, 0) is 13.0 Å². The van der Waals surface area contributed by atoms with Crippen molar-refractivity contribution in [2.24, 2.45) is 0 Å². The zero-order valence-electron chi connectivity index (χ0n) is 21.1. The Bertz CT molecular complexity index is 1180. The summed E-state index contributed by atoms with van der Waals surface area (Å²) in [6, 6.07) is 19.7. The molecular weight excluding hydrogens is 440 g/mol. The van der Waals surface area contributed by atoms with Gasteiger partial charge in [0.1, 0.15) is 5.75 Å². The van der Waals surface area contributed by atoms with Crippen molar-refractivity contribution in [2.45, 2.75) is 38.9 Å². The zero-order valence-corrected chi connectivity index (χ0v) is 21.1. The maximum absolute atomic E-state index is 13.1. The van der Waals surface area contributed by atoms with Gasteiger partial charge in [-0.1, -0.05) is 29.8 Å². The van der Waals surface area contributed by atoms with E-state index in [0.29, 0.717) is 11.3 Å². The molecule has 0 unspecified atom stereocenters. The van der Waals surface area contributed by atoms with Gasteiger partial charge in [-0.25, -0.2) is 0 Å². The molecule has 6 nitrogen and oxygen atoms in total. The first-order chi connectivity index (χ1) is 16.9. The van der Waals surface area contributed by atoms with Crippen molar-refractivity contribution < 1.29 is 19.0 Å². The molecule has 1 amide bonds. The Morgan fingerprint density at radius 3 is 2.37 bits per heavy atom. The molecule has 35 heavy (non-hydrogen) atoms. The molecule has 0 saturated heterocycles. The van der Waals surface area contributed by atoms with E-state index in [2.05, 4.69) is 60.5 Å². The largest absolute Gasteiger partial charge is 0.497 e. The van der Waals surface area contributed by atoms with E-state index in [4.69, 9.17) is 14.2 Å². The van der Waals surface area contributed by atoms with Gasteiger partial charge in [-0.05, 0) is 73.4 Å². The molecule has 0 fully saturated rings. The maximum Gasteiger partial charge on any atom is 0.251 e. The number of nitrogens with zero attached hydrogens (tertiary/aromatic N) is 1. The molecule has 1 aliphatic rings. The highest BCUT2D eigenvalue weighted by Gasteiger charge is 2.34. The van der Waals surface area contributed by atoms with Crippen LogP contribution in [0.1, 0.15) is 45.6 Å². The highest BCUT2D eigenvalue weighted by molar-refractivity contribution is 5.94. The number of amides is 1. The number of rotatable bonds is 8. The molecule has 1 aliphatic heterocycles. The molecule has 184 valence electrons. The van der Waals surface area contributed by atoms with Crippen molar-refractivity contribution in [3.8, 4) is 17.2 Å². The van der Waals surface area contributed by atoms with Crippen LogP contribution in [0.5, 0.6) is 17.2 Å². The first-order valence-corrected chi connectivity index (χ1v) is 11.9. The van der Waals surface area contributed by atoms with Crippen LogP contribution in [0.4, 0.5) is 0 Å². The van der Waals surface area contributed by atoms with Gasteiger partial charge in [-0.3, -0.25) is 9.69 Å². The molecule has 0 aromatic heterocycles. The van der Waals surface area contributed by atoms with Crippen LogP contribution < -0.4 is 19.5 Å². The van der Waals surface area contributed by atoms with Crippen LogP contribution in [0.2, 0.25) is 0 Å². The molecule has 0 radical (unpaired) electrons. The second kappa shape index (κ2) is 10.8. The average molecular weight is 475 g/mol. The summed E-state index contributed by atoms with van der Waals surface area (Å²) in [5.74, 6) is 2.04. The number of hydrogen-bond donors (Lipinski definition) is 1. The number of fused-ring (bicyclic) bond motifs is 1. The summed E-state index contributed by atoms with van der Waals surface area (Å²) in [6.07, 6.45) is 0.900. The van der Waals surface area contributed by atoms with Crippen LogP contribution in [0.15, 0.2) is 60.7 Å². The number of carbonyl (C=O) groups is 1. The normalized spacial score (nSPS) is 16.2. The number of ether oxygens (including phenoxy) is 3. The third-order valence-corrected chi connectivity index (χ3v) is 6.68. The maximum atomic E-state index is 13.1. The molecule has 1 N–H and O–H groups in total. The second-order valence-corrected chi connectivity index (χ2v) is 9.05. The van der Waals surface area contributed by atoms with E-state index in [-0.39, 0.29) is 18.0 Å². The van der Waals surface area contributed by atoms with Crippen molar-refractivity contribution in [1.82, 2.24) is 10.2 Å². The van der Waals surface area contributed by atoms with E-state index in [1.54, 1.807) is 45.6 Å². The minimum atomic E-state index is -0.147. The van der Waals surface area contributed by atoms with Crippen LogP contribution in [0, 0.1) is 6.92 Å². The van der Waals surface area contributed by atoms with Crippen molar-refractivity contribution in [2.75, 3.05) is 27.9 Å². The molecule has 0 bridgehead atoms. The van der Waals surface area contributed by atoms with Gasteiger partial charge >= 0.3 is 0 Å². The van der Waals surface area contributed by atoms with E-state index in [1.165, 1.54) is 16.7 Å². The summed E-state index contributed by atoms with van der Waals surface area (Å²) in [6.45, 7) is 5.86. The fourth-order valence-electron chi connectivity index (χ4n) is 4.95. The number of methoxy groups -OCH3 is 3. The molecule has 3 aromatic carbocycles. The summed E-state index contributed by atoms with van der Waals surface area (Å²) in [7, 11) is 4.93. The Hall–Kier alpha value is -3.51. The van der Waals surface area contributed by atoms with E-state index < -0.39 is 0 Å². The van der Waals surface area contributed by atoms with Gasteiger partial charge in [-0.2, -0.15) is 0 Å². The molecule has 2 atom stereocenters.